The molecule has 1 aromatic carbocycles. The molecule has 3 amide bonds. The lowest BCUT2D eigenvalue weighted by Gasteiger charge is -2.22. The van der Waals surface area contributed by atoms with E-state index in [4.69, 9.17) is 0 Å². The number of hydrogen-bond acceptors (Lipinski definition) is 6. The molecule has 0 saturated heterocycles. The topological polar surface area (TPSA) is 134 Å². The van der Waals surface area contributed by atoms with Gasteiger partial charge in [-0.3, -0.25) is 14.4 Å². The van der Waals surface area contributed by atoms with E-state index in [0.717, 1.165) is 5.56 Å². The van der Waals surface area contributed by atoms with Crippen molar-refractivity contribution >= 4 is 23.7 Å². The van der Waals surface area contributed by atoms with Gasteiger partial charge in [0, 0.05) is 13.3 Å². The van der Waals surface area contributed by atoms with Gasteiger partial charge in [0.2, 0.25) is 17.7 Å². The van der Waals surface area contributed by atoms with Gasteiger partial charge in [-0.2, -0.15) is 0 Å². The van der Waals surface area contributed by atoms with E-state index in [-0.39, 0.29) is 12.1 Å². The molecular weight excluding hydrogens is 366 g/mol. The van der Waals surface area contributed by atoms with Gasteiger partial charge in [0.25, 0.3) is 0 Å². The van der Waals surface area contributed by atoms with E-state index in [1.54, 1.807) is 31.2 Å². The molecule has 0 bridgehead atoms. The maximum atomic E-state index is 12.7. The number of hydrogen-bond donors (Lipinski definition) is 4. The second kappa shape index (κ2) is 11.5. The van der Waals surface area contributed by atoms with Crippen LogP contribution < -0.4 is 16.0 Å². The minimum Gasteiger partial charge on any atom is -0.464 e. The van der Waals surface area contributed by atoms with Crippen LogP contribution in [0, 0.1) is 0 Å². The third-order valence-electron chi connectivity index (χ3n) is 3.74. The molecule has 9 heteroatoms. The summed E-state index contributed by atoms with van der Waals surface area (Å²) in [7, 11) is 1.18. The van der Waals surface area contributed by atoms with Crippen molar-refractivity contribution in [2.75, 3.05) is 13.7 Å². The number of carbonyl (C=O) groups excluding carboxylic acids is 4. The third kappa shape index (κ3) is 7.20. The van der Waals surface area contributed by atoms with E-state index in [9.17, 15) is 24.3 Å². The highest BCUT2D eigenvalue weighted by Crippen LogP contribution is 2.05. The highest BCUT2D eigenvalue weighted by molar-refractivity contribution is 5.97. The Labute approximate surface area is 163 Å². The normalized spacial score (nSPS) is 13.1. The predicted molar refractivity (Wildman–Crippen MR) is 101 cm³/mol. The Morgan fingerprint density at radius 1 is 1.07 bits per heavy atom. The fraction of sp³-hybridized carbons (Fsp3) is 0.368. The molecule has 0 unspecified atom stereocenters. The van der Waals surface area contributed by atoms with Crippen LogP contribution in [-0.2, 0) is 30.3 Å². The molecule has 152 valence electrons. The molecule has 0 spiro atoms. The number of methoxy groups -OCH3 is 1. The predicted octanol–water partition coefficient (Wildman–Crippen LogP) is -0.596. The Balaban J connectivity index is 3.01. The molecule has 0 aliphatic heterocycles. The number of ether oxygens (including phenoxy) is 1. The summed E-state index contributed by atoms with van der Waals surface area (Å²) in [6, 6.07) is 6.67. The summed E-state index contributed by atoms with van der Waals surface area (Å²) >= 11 is 0. The number of allylic oxidation sites excluding steroid dienone is 1. The molecule has 0 heterocycles. The number of aliphatic hydroxyl groups excluding tert-OH is 1. The number of amides is 3. The summed E-state index contributed by atoms with van der Waals surface area (Å²) < 4.78 is 4.59. The van der Waals surface area contributed by atoms with Gasteiger partial charge in [0.15, 0.2) is 0 Å². The van der Waals surface area contributed by atoms with Crippen molar-refractivity contribution in [3.05, 3.63) is 47.7 Å². The molecule has 1 rings (SSSR count). The average molecular weight is 391 g/mol. The highest BCUT2D eigenvalue weighted by Gasteiger charge is 2.27. The Morgan fingerprint density at radius 2 is 1.71 bits per heavy atom. The van der Waals surface area contributed by atoms with Gasteiger partial charge in [-0.1, -0.05) is 36.4 Å². The molecule has 2 atom stereocenters. The molecule has 0 aliphatic rings. The summed E-state index contributed by atoms with van der Waals surface area (Å²) in [6.07, 6.45) is 1.51. The SMILES string of the molecule is C/C=C(/NC(=O)[C@H](Cc1ccccc1)NC(=O)[C@H](CO)NC(C)=O)C(=O)OC. The van der Waals surface area contributed by atoms with Crippen LogP contribution in [0.4, 0.5) is 0 Å². The number of nitrogens with one attached hydrogen (secondary N) is 3. The molecule has 9 nitrogen and oxygen atoms in total. The lowest BCUT2D eigenvalue weighted by molar-refractivity contribution is -0.138. The van der Waals surface area contributed by atoms with Crippen molar-refractivity contribution in [3.8, 4) is 0 Å². The summed E-state index contributed by atoms with van der Waals surface area (Å²) in [6.45, 7) is 2.13. The van der Waals surface area contributed by atoms with E-state index >= 15 is 0 Å². The zero-order valence-corrected chi connectivity index (χ0v) is 16.0. The minimum absolute atomic E-state index is 0.0691. The van der Waals surface area contributed by atoms with Crippen molar-refractivity contribution in [1.29, 1.82) is 0 Å². The van der Waals surface area contributed by atoms with Crippen LogP contribution in [0.25, 0.3) is 0 Å². The smallest absolute Gasteiger partial charge is 0.354 e. The van der Waals surface area contributed by atoms with Crippen LogP contribution in [0.3, 0.4) is 0 Å². The van der Waals surface area contributed by atoms with Crippen molar-refractivity contribution in [2.45, 2.75) is 32.4 Å². The second-order valence-corrected chi connectivity index (χ2v) is 5.87. The van der Waals surface area contributed by atoms with Crippen LogP contribution >= 0.6 is 0 Å². The summed E-state index contributed by atoms with van der Waals surface area (Å²) in [5.74, 6) is -2.60. The van der Waals surface area contributed by atoms with Gasteiger partial charge in [0.05, 0.1) is 13.7 Å². The first-order chi connectivity index (χ1) is 13.3. The van der Waals surface area contributed by atoms with Crippen LogP contribution in [0.2, 0.25) is 0 Å². The first-order valence-corrected chi connectivity index (χ1v) is 8.60. The van der Waals surface area contributed by atoms with E-state index in [0.29, 0.717) is 0 Å². The van der Waals surface area contributed by atoms with Crippen molar-refractivity contribution in [1.82, 2.24) is 16.0 Å². The summed E-state index contributed by atoms with van der Waals surface area (Å²) in [5, 5.41) is 16.6. The first-order valence-electron chi connectivity index (χ1n) is 8.60. The van der Waals surface area contributed by atoms with Crippen LogP contribution in [-0.4, -0.2) is 54.6 Å². The zero-order valence-electron chi connectivity index (χ0n) is 16.0. The Kier molecular flexibility index (Phi) is 9.38. The Morgan fingerprint density at radius 3 is 2.21 bits per heavy atom. The van der Waals surface area contributed by atoms with Crippen LogP contribution in [0.5, 0.6) is 0 Å². The number of aliphatic hydroxyl groups is 1. The fourth-order valence-electron chi connectivity index (χ4n) is 2.34. The number of rotatable bonds is 9. The lowest BCUT2D eigenvalue weighted by atomic mass is 10.0. The standard InChI is InChI=1S/C19H25N3O6/c1-4-14(19(27)28-3)21-17(25)15(10-13-8-6-5-7-9-13)22-18(26)16(11-23)20-12(2)24/h4-9,15-16,23H,10-11H2,1-3H3,(H,20,24)(H,21,25)(H,22,26)/b14-4+/t15-,16-/m0/s1. The van der Waals surface area contributed by atoms with E-state index < -0.39 is 42.4 Å². The molecule has 0 saturated carbocycles. The van der Waals surface area contributed by atoms with Gasteiger partial charge in [-0.25, -0.2) is 4.79 Å². The highest BCUT2D eigenvalue weighted by atomic mass is 16.5. The monoisotopic (exact) mass is 391 g/mol. The molecule has 0 aromatic heterocycles. The molecule has 0 fully saturated rings. The Bertz CT molecular complexity index is 732. The van der Waals surface area contributed by atoms with Crippen molar-refractivity contribution in [2.24, 2.45) is 0 Å². The van der Waals surface area contributed by atoms with Crippen LogP contribution in [0.1, 0.15) is 19.4 Å². The van der Waals surface area contributed by atoms with Crippen molar-refractivity contribution < 1.29 is 29.0 Å². The third-order valence-corrected chi connectivity index (χ3v) is 3.74. The van der Waals surface area contributed by atoms with E-state index in [2.05, 4.69) is 20.7 Å². The van der Waals surface area contributed by atoms with Gasteiger partial charge in [-0.05, 0) is 12.5 Å². The van der Waals surface area contributed by atoms with Crippen LogP contribution in [0.15, 0.2) is 42.1 Å². The van der Waals surface area contributed by atoms with Gasteiger partial charge >= 0.3 is 5.97 Å². The maximum Gasteiger partial charge on any atom is 0.354 e. The van der Waals surface area contributed by atoms with Gasteiger partial charge in [0.1, 0.15) is 17.8 Å². The molecular formula is C19H25N3O6. The van der Waals surface area contributed by atoms with Gasteiger partial charge < -0.3 is 25.8 Å². The number of benzene rings is 1. The van der Waals surface area contributed by atoms with Crippen molar-refractivity contribution in [3.63, 3.8) is 0 Å². The van der Waals surface area contributed by atoms with E-state index in [1.165, 1.54) is 20.1 Å². The number of carbonyl (C=O) groups is 4. The minimum atomic E-state index is -1.20. The molecule has 4 N–H and O–H groups in total. The molecule has 1 aromatic rings. The largest absolute Gasteiger partial charge is 0.464 e. The Hall–Kier alpha value is -3.20. The molecule has 28 heavy (non-hydrogen) atoms. The molecule has 0 radical (unpaired) electrons. The molecule has 0 aliphatic carbocycles. The lowest BCUT2D eigenvalue weighted by Crippen LogP contribution is -2.55. The summed E-state index contributed by atoms with van der Waals surface area (Å²) in [5.41, 5.74) is 0.698. The second-order valence-electron chi connectivity index (χ2n) is 5.87. The average Bonchev–Trinajstić information content (AvgIpc) is 2.69. The first kappa shape index (κ1) is 22.8. The number of esters is 1. The zero-order chi connectivity index (χ0) is 21.1. The maximum absolute atomic E-state index is 12.7. The fourth-order valence-corrected chi connectivity index (χ4v) is 2.34. The quantitative estimate of drug-likeness (QED) is 0.328. The van der Waals surface area contributed by atoms with Gasteiger partial charge in [-0.15, -0.1) is 0 Å². The van der Waals surface area contributed by atoms with E-state index in [1.807, 2.05) is 6.07 Å². The summed E-state index contributed by atoms with van der Waals surface area (Å²) in [4.78, 5) is 47.9.